The van der Waals surface area contributed by atoms with E-state index in [2.05, 4.69) is 90.6 Å². The monoisotopic (exact) mass is 511 g/mol. The van der Waals surface area contributed by atoms with Crippen LogP contribution in [-0.4, -0.2) is 60.1 Å². The Balaban J connectivity index is 1.13. The SMILES string of the molecule is Cc1ccc(-c2cccc(C(=O)NC3CCN(Cc4ccc(N5CC(C)NC(C)C5)nc4)CC3)c2C)cc1. The molecule has 3 heterocycles. The maximum atomic E-state index is 13.2. The molecule has 2 aliphatic heterocycles. The molecule has 200 valence electrons. The quantitative estimate of drug-likeness (QED) is 0.491. The molecule has 6 nitrogen and oxygen atoms in total. The maximum Gasteiger partial charge on any atom is 0.251 e. The first-order chi connectivity index (χ1) is 18.4. The first-order valence-electron chi connectivity index (χ1n) is 14.0. The van der Waals surface area contributed by atoms with Crippen molar-refractivity contribution >= 4 is 11.7 Å². The summed E-state index contributed by atoms with van der Waals surface area (Å²) >= 11 is 0. The predicted octanol–water partition coefficient (Wildman–Crippen LogP) is 4.95. The number of hydrogen-bond donors (Lipinski definition) is 2. The highest BCUT2D eigenvalue weighted by Gasteiger charge is 2.24. The summed E-state index contributed by atoms with van der Waals surface area (Å²) in [5, 5.41) is 6.89. The lowest BCUT2D eigenvalue weighted by molar-refractivity contribution is 0.0908. The van der Waals surface area contributed by atoms with E-state index in [0.29, 0.717) is 12.1 Å². The summed E-state index contributed by atoms with van der Waals surface area (Å²) in [6, 6.07) is 20.1. The van der Waals surface area contributed by atoms with E-state index in [0.717, 1.165) is 73.6 Å². The van der Waals surface area contributed by atoms with E-state index in [1.54, 1.807) is 0 Å². The molecule has 1 amide bonds. The van der Waals surface area contributed by atoms with Crippen molar-refractivity contribution in [2.75, 3.05) is 31.1 Å². The van der Waals surface area contributed by atoms with Crippen molar-refractivity contribution in [2.45, 2.75) is 65.2 Å². The molecule has 2 saturated heterocycles. The van der Waals surface area contributed by atoms with Crippen molar-refractivity contribution in [3.05, 3.63) is 83.0 Å². The lowest BCUT2D eigenvalue weighted by Gasteiger charge is -2.37. The summed E-state index contributed by atoms with van der Waals surface area (Å²) < 4.78 is 0. The number of benzene rings is 2. The van der Waals surface area contributed by atoms with Crippen LogP contribution in [0.2, 0.25) is 0 Å². The van der Waals surface area contributed by atoms with Crippen LogP contribution in [0, 0.1) is 13.8 Å². The van der Waals surface area contributed by atoms with Gasteiger partial charge in [0.15, 0.2) is 0 Å². The summed E-state index contributed by atoms with van der Waals surface area (Å²) in [4.78, 5) is 22.8. The Morgan fingerprint density at radius 2 is 1.68 bits per heavy atom. The number of pyridine rings is 1. The molecule has 2 atom stereocenters. The molecule has 2 unspecified atom stereocenters. The molecule has 2 fully saturated rings. The Kier molecular flexibility index (Phi) is 8.10. The van der Waals surface area contributed by atoms with Gasteiger partial charge in [-0.25, -0.2) is 4.98 Å². The summed E-state index contributed by atoms with van der Waals surface area (Å²) in [5.74, 6) is 1.10. The summed E-state index contributed by atoms with van der Waals surface area (Å²) in [5.41, 5.74) is 6.55. The van der Waals surface area contributed by atoms with Crippen LogP contribution >= 0.6 is 0 Å². The second-order valence-corrected chi connectivity index (χ2v) is 11.3. The molecule has 38 heavy (non-hydrogen) atoms. The number of piperazine rings is 1. The fraction of sp³-hybridized carbons (Fsp3) is 0.438. The lowest BCUT2D eigenvalue weighted by Crippen LogP contribution is -2.54. The van der Waals surface area contributed by atoms with Crippen molar-refractivity contribution in [2.24, 2.45) is 0 Å². The van der Waals surface area contributed by atoms with Crippen LogP contribution < -0.4 is 15.5 Å². The standard InChI is InChI=1S/C32H41N5O/c1-22-8-11-27(12-9-22)29-6-5-7-30(25(29)4)32(38)35-28-14-16-36(17-15-28)21-26-10-13-31(33-18-26)37-19-23(2)34-24(3)20-37/h5-13,18,23-24,28,34H,14-17,19-21H2,1-4H3,(H,35,38). The highest BCUT2D eigenvalue weighted by molar-refractivity contribution is 5.97. The molecule has 0 radical (unpaired) electrons. The number of aromatic nitrogens is 1. The molecule has 0 aliphatic carbocycles. The number of likely N-dealkylation sites (tertiary alicyclic amines) is 1. The molecule has 2 aromatic carbocycles. The third kappa shape index (κ3) is 6.25. The number of hydrogen-bond acceptors (Lipinski definition) is 5. The number of aryl methyl sites for hydroxylation is 1. The molecule has 5 rings (SSSR count). The van der Waals surface area contributed by atoms with E-state index < -0.39 is 0 Å². The number of piperidine rings is 1. The molecule has 2 aliphatic rings. The third-order valence-corrected chi connectivity index (χ3v) is 7.96. The number of anilines is 1. The first-order valence-corrected chi connectivity index (χ1v) is 14.0. The van der Waals surface area contributed by atoms with E-state index in [-0.39, 0.29) is 11.9 Å². The van der Waals surface area contributed by atoms with Gasteiger partial charge in [0.25, 0.3) is 5.91 Å². The molecule has 0 spiro atoms. The summed E-state index contributed by atoms with van der Waals surface area (Å²) in [6.45, 7) is 13.4. The zero-order chi connectivity index (χ0) is 26.6. The Morgan fingerprint density at radius 1 is 0.974 bits per heavy atom. The minimum Gasteiger partial charge on any atom is -0.354 e. The Bertz CT molecular complexity index is 1220. The van der Waals surface area contributed by atoms with Gasteiger partial charge in [-0.15, -0.1) is 0 Å². The lowest BCUT2D eigenvalue weighted by atomic mass is 9.95. The predicted molar refractivity (Wildman–Crippen MR) is 156 cm³/mol. The maximum absolute atomic E-state index is 13.2. The van der Waals surface area contributed by atoms with E-state index >= 15 is 0 Å². The topological polar surface area (TPSA) is 60.5 Å². The number of carbonyl (C=O) groups is 1. The second kappa shape index (κ2) is 11.7. The molecule has 0 saturated carbocycles. The van der Waals surface area contributed by atoms with E-state index in [1.165, 1.54) is 11.1 Å². The van der Waals surface area contributed by atoms with Gasteiger partial charge in [-0.1, -0.05) is 48.0 Å². The Labute approximate surface area is 227 Å². The van der Waals surface area contributed by atoms with Gasteiger partial charge in [-0.05, 0) is 74.9 Å². The second-order valence-electron chi connectivity index (χ2n) is 11.3. The molecule has 1 aromatic heterocycles. The zero-order valence-electron chi connectivity index (χ0n) is 23.2. The minimum absolute atomic E-state index is 0.0336. The fourth-order valence-corrected chi connectivity index (χ4v) is 5.90. The van der Waals surface area contributed by atoms with Crippen molar-refractivity contribution in [3.8, 4) is 11.1 Å². The number of amides is 1. The van der Waals surface area contributed by atoms with Crippen LogP contribution in [0.5, 0.6) is 0 Å². The number of nitrogens with zero attached hydrogens (tertiary/aromatic N) is 3. The van der Waals surface area contributed by atoms with Crippen LogP contribution in [0.25, 0.3) is 11.1 Å². The van der Waals surface area contributed by atoms with Crippen molar-refractivity contribution in [1.82, 2.24) is 20.5 Å². The van der Waals surface area contributed by atoms with Crippen LogP contribution in [0.1, 0.15) is 53.7 Å². The van der Waals surface area contributed by atoms with Crippen molar-refractivity contribution < 1.29 is 4.79 Å². The van der Waals surface area contributed by atoms with Crippen molar-refractivity contribution in [3.63, 3.8) is 0 Å². The summed E-state index contributed by atoms with van der Waals surface area (Å²) in [6.07, 6.45) is 3.96. The molecular weight excluding hydrogens is 470 g/mol. The van der Waals surface area contributed by atoms with Gasteiger partial charge in [0.05, 0.1) is 0 Å². The molecular formula is C32H41N5O. The van der Waals surface area contributed by atoms with Gasteiger partial charge in [-0.2, -0.15) is 0 Å². The summed E-state index contributed by atoms with van der Waals surface area (Å²) in [7, 11) is 0. The fourth-order valence-electron chi connectivity index (χ4n) is 5.90. The Hall–Kier alpha value is -3.22. The van der Waals surface area contributed by atoms with Gasteiger partial charge in [0, 0.05) is 62.6 Å². The smallest absolute Gasteiger partial charge is 0.251 e. The number of rotatable bonds is 6. The molecule has 2 N–H and O–H groups in total. The van der Waals surface area contributed by atoms with E-state index in [4.69, 9.17) is 4.98 Å². The van der Waals surface area contributed by atoms with Crippen LogP contribution in [0.15, 0.2) is 60.8 Å². The zero-order valence-corrected chi connectivity index (χ0v) is 23.2. The van der Waals surface area contributed by atoms with Gasteiger partial charge in [0.1, 0.15) is 5.82 Å². The van der Waals surface area contributed by atoms with Crippen LogP contribution in [0.4, 0.5) is 5.82 Å². The average molecular weight is 512 g/mol. The Morgan fingerprint density at radius 3 is 2.34 bits per heavy atom. The normalized spacial score (nSPS) is 20.9. The molecule has 6 heteroatoms. The molecule has 0 bridgehead atoms. The number of carbonyl (C=O) groups excluding carboxylic acids is 1. The highest BCUT2D eigenvalue weighted by Crippen LogP contribution is 2.26. The van der Waals surface area contributed by atoms with E-state index in [9.17, 15) is 4.79 Å². The highest BCUT2D eigenvalue weighted by atomic mass is 16.1. The molecule has 3 aromatic rings. The third-order valence-electron chi connectivity index (χ3n) is 7.96. The average Bonchev–Trinajstić information content (AvgIpc) is 2.90. The van der Waals surface area contributed by atoms with Gasteiger partial charge in [0.2, 0.25) is 0 Å². The van der Waals surface area contributed by atoms with E-state index in [1.807, 2.05) is 18.3 Å². The number of nitrogens with one attached hydrogen (secondary N) is 2. The van der Waals surface area contributed by atoms with Crippen molar-refractivity contribution in [1.29, 1.82) is 0 Å². The van der Waals surface area contributed by atoms with Gasteiger partial charge >= 0.3 is 0 Å². The van der Waals surface area contributed by atoms with Crippen LogP contribution in [0.3, 0.4) is 0 Å². The minimum atomic E-state index is 0.0336. The van der Waals surface area contributed by atoms with Gasteiger partial charge < -0.3 is 15.5 Å². The largest absolute Gasteiger partial charge is 0.354 e. The van der Waals surface area contributed by atoms with Gasteiger partial charge in [-0.3, -0.25) is 9.69 Å². The first kappa shape index (κ1) is 26.4. The van der Waals surface area contributed by atoms with Crippen LogP contribution in [-0.2, 0) is 6.54 Å².